The van der Waals surface area contributed by atoms with Gasteiger partial charge in [0.1, 0.15) is 53.7 Å². The average Bonchev–Trinajstić information content (AvgIpc) is 4.23. The van der Waals surface area contributed by atoms with Gasteiger partial charge in [-0.15, -0.1) is 0 Å². The van der Waals surface area contributed by atoms with Crippen LogP contribution in [-0.4, -0.2) is 173 Å². The van der Waals surface area contributed by atoms with Crippen LogP contribution < -0.4 is 9.47 Å². The molecule has 2 unspecified atom stereocenters. The molecule has 2 N–H and O–H groups in total. The number of carbonyl (C=O) groups is 2. The van der Waals surface area contributed by atoms with Gasteiger partial charge in [0.25, 0.3) is 0 Å². The van der Waals surface area contributed by atoms with Crippen molar-refractivity contribution >= 4 is 11.9 Å². The number of carboxylic acid groups (broad SMARTS) is 1. The van der Waals surface area contributed by atoms with Crippen molar-refractivity contribution < 1.29 is 62.4 Å². The number of carbonyl (C=O) groups excluding carboxylic acids is 1. The number of likely N-dealkylation sites (N-methyl/N-ethyl adjacent to an activating group) is 2. The fourth-order valence-corrected chi connectivity index (χ4v) is 11.0. The summed E-state index contributed by atoms with van der Waals surface area (Å²) in [6.45, 7) is 17.3. The number of hydrogen-bond acceptors (Lipinski definition) is 14. The lowest BCUT2D eigenvalue weighted by Crippen LogP contribution is -2.55. The molecule has 12 atom stereocenters. The number of hydrogen-bond donors (Lipinski definition) is 2. The molecule has 4 heterocycles. The van der Waals surface area contributed by atoms with Gasteiger partial charge in [-0.2, -0.15) is 0 Å². The molecule has 0 bridgehead atoms. The Hall–Kier alpha value is -3.90. The van der Waals surface area contributed by atoms with E-state index < -0.39 is 12.1 Å². The number of allylic oxidation sites excluding steroid dienone is 2. The summed E-state index contributed by atoms with van der Waals surface area (Å²) in [4.78, 5) is 27.4. The molecule has 4 aliphatic heterocycles. The van der Waals surface area contributed by atoms with Gasteiger partial charge in [0, 0.05) is 40.2 Å². The smallest absolute Gasteiger partial charge is 0.306 e. The first-order chi connectivity index (χ1) is 34.7. The first kappa shape index (κ1) is 58.4. The molecule has 2 aliphatic carbocycles. The molecule has 0 radical (unpaired) electrons. The van der Waals surface area contributed by atoms with Crippen LogP contribution in [0, 0.1) is 11.8 Å². The Morgan fingerprint density at radius 1 is 0.671 bits per heavy atom. The second-order valence-electron chi connectivity index (χ2n) is 22.3. The summed E-state index contributed by atoms with van der Waals surface area (Å²) in [5, 5.41) is 18.8. The van der Waals surface area contributed by atoms with Gasteiger partial charge in [-0.25, -0.2) is 0 Å². The summed E-state index contributed by atoms with van der Waals surface area (Å²) in [6.07, 6.45) is 10.4. The monoisotopic (exact) mass is 1020 g/mol. The maximum atomic E-state index is 12.8. The standard InChI is InChI=1S/C29H43NO6.C16H26O4.C13H19NO3/c1-20(2)7-13-24-28(3,36-24)27-26(32-6)23(15-16-29(27)19-34-29)35-25(31)14-10-21-8-11-22(12-9-21)33-18-17-30(4)5;1-10(2)5-6-12-15(3,20-12)14-13(18-4)11(17)7-8-16(14)9-19-16;1-14(2)9-10-17-12-6-3-11(4-7-12)5-8-13(15)16/h7-9,11-12,23-24,26-27H,10,13-19H2,1-6H3;5,11-14,17H,6-9H2,1-4H3;3-4,6-7H,5,8-10H2,1-2H3,(H,15,16)/t23?,24-,26-,27-,28+,29+;11?,12-,13-,14-,15+,16+;/m11./s1. The third kappa shape index (κ3) is 16.1. The van der Waals surface area contributed by atoms with E-state index in [0.717, 1.165) is 87.5 Å². The van der Waals surface area contributed by atoms with Gasteiger partial charge < -0.3 is 62.6 Å². The highest BCUT2D eigenvalue weighted by Crippen LogP contribution is 2.61. The highest BCUT2D eigenvalue weighted by Gasteiger charge is 2.73. The van der Waals surface area contributed by atoms with E-state index in [1.807, 2.05) is 76.7 Å². The van der Waals surface area contributed by atoms with Crippen molar-refractivity contribution in [2.75, 3.05) is 81.9 Å². The molecule has 2 saturated carbocycles. The Morgan fingerprint density at radius 3 is 1.49 bits per heavy atom. The molecular weight excluding hydrogens is 933 g/mol. The first-order valence-electron chi connectivity index (χ1n) is 26.5. The number of benzene rings is 2. The average molecular weight is 1020 g/mol. The Bertz CT molecular complexity index is 2130. The number of carboxylic acids is 1. The van der Waals surface area contributed by atoms with Crippen molar-refractivity contribution in [1.29, 1.82) is 0 Å². The van der Waals surface area contributed by atoms with Crippen molar-refractivity contribution in [2.45, 2.75) is 165 Å². The predicted octanol–water partition coefficient (Wildman–Crippen LogP) is 7.88. The quantitative estimate of drug-likeness (QED) is 0.0624. The lowest BCUT2D eigenvalue weighted by Gasteiger charge is -2.42. The van der Waals surface area contributed by atoms with Gasteiger partial charge in [0.15, 0.2) is 0 Å². The molecule has 2 spiro atoms. The van der Waals surface area contributed by atoms with E-state index in [4.69, 9.17) is 47.7 Å². The Morgan fingerprint density at radius 2 is 1.10 bits per heavy atom. The second kappa shape index (κ2) is 25.8. The summed E-state index contributed by atoms with van der Waals surface area (Å²) in [6, 6.07) is 15.5. The SMILES string of the molecule is CN(C)CCOc1ccc(CCC(=O)O)cc1.CO[C@@H]1C(O)CC[C@]2(CO2)[C@H]1[C@@]1(C)O[C@@H]1CC=C(C)C.CO[C@@H]1C(OC(=O)CCc2ccc(OCCN(C)C)cc2)CC[C@]2(CO2)[C@H]1[C@@]1(C)O[C@@H]1CC=C(C)C. The molecule has 0 aromatic heterocycles. The number of nitrogens with zero attached hydrogens (tertiary/aromatic N) is 2. The zero-order chi connectivity index (χ0) is 53.1. The third-order valence-corrected chi connectivity index (χ3v) is 15.5. The number of aryl methyl sites for hydroxylation is 2. The Labute approximate surface area is 435 Å². The van der Waals surface area contributed by atoms with Crippen molar-refractivity contribution in [3.05, 3.63) is 83.0 Å². The summed E-state index contributed by atoms with van der Waals surface area (Å²) in [5.74, 6) is 0.871. The summed E-state index contributed by atoms with van der Waals surface area (Å²) in [7, 11) is 11.4. The fourth-order valence-electron chi connectivity index (χ4n) is 11.0. The number of aliphatic hydroxyl groups excluding tert-OH is 1. The highest BCUT2D eigenvalue weighted by atomic mass is 16.6. The maximum absolute atomic E-state index is 12.8. The van der Waals surface area contributed by atoms with Crippen molar-refractivity contribution in [3.8, 4) is 11.5 Å². The number of methoxy groups -OCH3 is 2. The molecule has 15 nitrogen and oxygen atoms in total. The summed E-state index contributed by atoms with van der Waals surface area (Å²) >= 11 is 0. The number of epoxide rings is 4. The number of esters is 1. The fraction of sp³-hybridized carbons (Fsp3) is 0.690. The highest BCUT2D eigenvalue weighted by molar-refractivity contribution is 5.70. The van der Waals surface area contributed by atoms with E-state index in [0.29, 0.717) is 32.5 Å². The van der Waals surface area contributed by atoms with Crippen LogP contribution in [0.1, 0.15) is 104 Å². The van der Waals surface area contributed by atoms with Crippen LogP contribution in [-0.2, 0) is 55.6 Å². The van der Waals surface area contributed by atoms with E-state index in [-0.39, 0.29) is 77.1 Å². The Kier molecular flexibility index (Phi) is 20.6. The minimum Gasteiger partial charge on any atom is -0.492 e. The minimum absolute atomic E-state index is 0.0390. The number of aliphatic hydroxyl groups is 1. The van der Waals surface area contributed by atoms with Crippen LogP contribution in [0.3, 0.4) is 0 Å². The molecule has 0 amide bonds. The van der Waals surface area contributed by atoms with Gasteiger partial charge in [-0.05, 0) is 156 Å². The van der Waals surface area contributed by atoms with Crippen LogP contribution in [0.5, 0.6) is 11.5 Å². The van der Waals surface area contributed by atoms with Crippen LogP contribution in [0.25, 0.3) is 0 Å². The van der Waals surface area contributed by atoms with Crippen LogP contribution in [0.15, 0.2) is 71.8 Å². The van der Waals surface area contributed by atoms with E-state index in [9.17, 15) is 14.7 Å². The van der Waals surface area contributed by atoms with Gasteiger partial charge in [0.2, 0.25) is 0 Å². The van der Waals surface area contributed by atoms with Gasteiger partial charge in [-0.1, -0.05) is 47.6 Å². The molecule has 2 aromatic rings. The van der Waals surface area contributed by atoms with Gasteiger partial charge in [0.05, 0.1) is 55.1 Å². The lowest BCUT2D eigenvalue weighted by molar-refractivity contribution is -0.171. The summed E-state index contributed by atoms with van der Waals surface area (Å²) < 4.78 is 53.0. The number of rotatable bonds is 23. The van der Waals surface area contributed by atoms with Gasteiger partial charge >= 0.3 is 11.9 Å². The second-order valence-corrected chi connectivity index (χ2v) is 22.3. The largest absolute Gasteiger partial charge is 0.492 e. The molecular formula is C58H88N2O13. The van der Waals surface area contributed by atoms with Crippen LogP contribution >= 0.6 is 0 Å². The molecule has 2 aromatic carbocycles. The number of aliphatic carboxylic acids is 1. The lowest BCUT2D eigenvalue weighted by atomic mass is 9.68. The molecule has 15 heteroatoms. The topological polar surface area (TPSA) is 177 Å². The van der Waals surface area contributed by atoms with Crippen molar-refractivity contribution in [1.82, 2.24) is 9.80 Å². The van der Waals surface area contributed by atoms with E-state index in [1.54, 1.807) is 14.2 Å². The molecule has 4 saturated heterocycles. The summed E-state index contributed by atoms with van der Waals surface area (Å²) in [5.41, 5.74) is 3.82. The number of ether oxygens (including phenoxy) is 9. The van der Waals surface area contributed by atoms with Gasteiger partial charge in [-0.3, -0.25) is 9.59 Å². The minimum atomic E-state index is -0.767. The van der Waals surface area contributed by atoms with Crippen molar-refractivity contribution in [3.63, 3.8) is 0 Å². The molecule has 408 valence electrons. The van der Waals surface area contributed by atoms with Crippen LogP contribution in [0.2, 0.25) is 0 Å². The van der Waals surface area contributed by atoms with Crippen molar-refractivity contribution in [2.24, 2.45) is 11.8 Å². The van der Waals surface area contributed by atoms with E-state index in [1.165, 1.54) is 11.1 Å². The first-order valence-corrected chi connectivity index (χ1v) is 26.5. The Balaban J connectivity index is 0.000000198. The van der Waals surface area contributed by atoms with E-state index >= 15 is 0 Å². The molecule has 73 heavy (non-hydrogen) atoms. The zero-order valence-corrected chi connectivity index (χ0v) is 46.0. The maximum Gasteiger partial charge on any atom is 0.306 e. The predicted molar refractivity (Wildman–Crippen MR) is 280 cm³/mol. The normalized spacial score (nSPS) is 32.4. The zero-order valence-electron chi connectivity index (χ0n) is 46.0. The van der Waals surface area contributed by atoms with E-state index in [2.05, 4.69) is 63.5 Å². The molecule has 6 aliphatic rings. The molecule has 6 fully saturated rings. The third-order valence-electron chi connectivity index (χ3n) is 15.5. The molecule has 8 rings (SSSR count). The van der Waals surface area contributed by atoms with Crippen LogP contribution in [0.4, 0.5) is 0 Å².